The Hall–Kier alpha value is -1.35. The van der Waals surface area contributed by atoms with E-state index in [2.05, 4.69) is 36.3 Å². The van der Waals surface area contributed by atoms with Gasteiger partial charge in [-0.15, -0.1) is 0 Å². The van der Waals surface area contributed by atoms with Crippen LogP contribution in [0.2, 0.25) is 0 Å². The summed E-state index contributed by atoms with van der Waals surface area (Å²) in [4.78, 5) is 4.47. The van der Waals surface area contributed by atoms with E-state index >= 15 is 0 Å². The van der Waals surface area contributed by atoms with Crippen molar-refractivity contribution in [2.45, 2.75) is 26.8 Å². The van der Waals surface area contributed by atoms with E-state index in [1.165, 1.54) is 5.56 Å². The first-order valence-electron chi connectivity index (χ1n) is 5.72. The van der Waals surface area contributed by atoms with Gasteiger partial charge in [0.25, 0.3) is 0 Å². The molecule has 2 aromatic rings. The molecule has 1 aromatic heterocycles. The molecule has 1 heterocycles. The monoisotopic (exact) mass is 218 g/mol. The second kappa shape index (κ2) is 4.66. The number of rotatable bonds is 4. The molecule has 0 amide bonds. The van der Waals surface area contributed by atoms with E-state index in [1.54, 1.807) is 0 Å². The van der Waals surface area contributed by atoms with Crippen LogP contribution in [0, 0.1) is 5.92 Å². The van der Waals surface area contributed by atoms with Crippen LogP contribution < -0.4 is 5.32 Å². The van der Waals surface area contributed by atoms with Gasteiger partial charge in [-0.25, -0.2) is 4.98 Å². The zero-order valence-corrected chi connectivity index (χ0v) is 10.1. The van der Waals surface area contributed by atoms with Crippen LogP contribution in [-0.2, 0) is 13.0 Å². The van der Waals surface area contributed by atoms with Crippen molar-refractivity contribution in [1.29, 1.82) is 0 Å². The molecule has 0 aliphatic rings. The fraction of sp³-hybridized carbons (Fsp3) is 0.462. The molecular formula is C13H18N2O. The van der Waals surface area contributed by atoms with Crippen LogP contribution in [0.25, 0.3) is 11.1 Å². The van der Waals surface area contributed by atoms with Crippen LogP contribution in [0.1, 0.15) is 25.3 Å². The average molecular weight is 218 g/mol. The predicted octanol–water partition coefficient (Wildman–Crippen LogP) is 2.75. The molecule has 86 valence electrons. The third kappa shape index (κ3) is 2.42. The molecule has 0 atom stereocenters. The summed E-state index contributed by atoms with van der Waals surface area (Å²) in [7, 11) is 1.94. The van der Waals surface area contributed by atoms with Crippen molar-refractivity contribution < 1.29 is 4.42 Å². The summed E-state index contributed by atoms with van der Waals surface area (Å²) in [6.45, 7) is 5.19. The van der Waals surface area contributed by atoms with Crippen molar-refractivity contribution in [3.63, 3.8) is 0 Å². The van der Waals surface area contributed by atoms with Crippen molar-refractivity contribution in [3.05, 3.63) is 29.7 Å². The first-order valence-corrected chi connectivity index (χ1v) is 5.72. The van der Waals surface area contributed by atoms with Gasteiger partial charge in [-0.05, 0) is 30.7 Å². The Morgan fingerprint density at radius 1 is 1.38 bits per heavy atom. The van der Waals surface area contributed by atoms with Crippen LogP contribution in [0.15, 0.2) is 22.6 Å². The molecule has 1 aromatic carbocycles. The fourth-order valence-electron chi connectivity index (χ4n) is 1.77. The normalized spacial score (nSPS) is 11.5. The summed E-state index contributed by atoms with van der Waals surface area (Å²) in [5, 5.41) is 3.13. The lowest BCUT2D eigenvalue weighted by Gasteiger charge is -1.98. The van der Waals surface area contributed by atoms with Crippen molar-refractivity contribution in [3.8, 4) is 0 Å². The van der Waals surface area contributed by atoms with Crippen LogP contribution in [0.3, 0.4) is 0 Å². The van der Waals surface area contributed by atoms with Gasteiger partial charge in [0.05, 0.1) is 0 Å². The molecule has 0 aliphatic carbocycles. The number of aromatic nitrogens is 1. The fourth-order valence-corrected chi connectivity index (χ4v) is 1.77. The molecule has 3 nitrogen and oxygen atoms in total. The second-order valence-corrected chi connectivity index (χ2v) is 4.54. The van der Waals surface area contributed by atoms with E-state index in [-0.39, 0.29) is 0 Å². The molecule has 0 radical (unpaired) electrons. The summed E-state index contributed by atoms with van der Waals surface area (Å²) in [6, 6.07) is 6.17. The third-order valence-corrected chi connectivity index (χ3v) is 2.46. The molecule has 0 bridgehead atoms. The first-order chi connectivity index (χ1) is 7.69. The van der Waals surface area contributed by atoms with Crippen LogP contribution in [0.4, 0.5) is 0 Å². The van der Waals surface area contributed by atoms with E-state index in [4.69, 9.17) is 4.42 Å². The molecule has 0 fully saturated rings. The van der Waals surface area contributed by atoms with E-state index in [9.17, 15) is 0 Å². The molecule has 16 heavy (non-hydrogen) atoms. The lowest BCUT2D eigenvalue weighted by Crippen LogP contribution is -2.04. The Morgan fingerprint density at radius 3 is 2.88 bits per heavy atom. The molecule has 0 saturated carbocycles. The highest BCUT2D eigenvalue weighted by molar-refractivity contribution is 5.73. The highest BCUT2D eigenvalue weighted by Crippen LogP contribution is 2.19. The summed E-state index contributed by atoms with van der Waals surface area (Å²) in [5.74, 6) is 1.41. The quantitative estimate of drug-likeness (QED) is 0.857. The highest BCUT2D eigenvalue weighted by atomic mass is 16.3. The number of oxazole rings is 1. The Labute approximate surface area is 95.9 Å². The molecule has 0 unspecified atom stereocenters. The van der Waals surface area contributed by atoms with Crippen molar-refractivity contribution in [2.24, 2.45) is 5.92 Å². The topological polar surface area (TPSA) is 38.1 Å². The van der Waals surface area contributed by atoms with E-state index in [1.807, 2.05) is 13.1 Å². The molecule has 0 aliphatic heterocycles. The number of nitrogens with zero attached hydrogens (tertiary/aromatic N) is 1. The Balaban J connectivity index is 2.30. The number of fused-ring (bicyclic) bond motifs is 1. The standard InChI is InChI=1S/C13H18N2O/c1-9(2)6-13-15-11-5-4-10(8-14-3)7-12(11)16-13/h4-5,7,9,14H,6,8H2,1-3H3. The minimum absolute atomic E-state index is 0.574. The molecule has 0 saturated heterocycles. The summed E-state index contributed by atoms with van der Waals surface area (Å²) < 4.78 is 5.73. The first kappa shape index (κ1) is 11.1. The largest absolute Gasteiger partial charge is 0.441 e. The Kier molecular flexibility index (Phi) is 3.25. The van der Waals surface area contributed by atoms with Gasteiger partial charge in [-0.3, -0.25) is 0 Å². The second-order valence-electron chi connectivity index (χ2n) is 4.54. The SMILES string of the molecule is CNCc1ccc2nc(CC(C)C)oc2c1. The third-order valence-electron chi connectivity index (χ3n) is 2.46. The average Bonchev–Trinajstić information content (AvgIpc) is 2.58. The van der Waals surface area contributed by atoms with Gasteiger partial charge in [0, 0.05) is 13.0 Å². The van der Waals surface area contributed by atoms with Gasteiger partial charge >= 0.3 is 0 Å². The van der Waals surface area contributed by atoms with Gasteiger partial charge < -0.3 is 9.73 Å². The number of hydrogen-bond donors (Lipinski definition) is 1. The highest BCUT2D eigenvalue weighted by Gasteiger charge is 2.07. The molecular weight excluding hydrogens is 200 g/mol. The van der Waals surface area contributed by atoms with Crippen LogP contribution >= 0.6 is 0 Å². The molecule has 0 spiro atoms. The molecule has 2 rings (SSSR count). The summed E-state index contributed by atoms with van der Waals surface area (Å²) in [5.41, 5.74) is 3.07. The van der Waals surface area contributed by atoms with Gasteiger partial charge in [-0.2, -0.15) is 0 Å². The van der Waals surface area contributed by atoms with Gasteiger partial charge in [0.1, 0.15) is 5.52 Å². The van der Waals surface area contributed by atoms with Gasteiger partial charge in [0.15, 0.2) is 11.5 Å². The molecule has 3 heteroatoms. The maximum atomic E-state index is 5.73. The van der Waals surface area contributed by atoms with E-state index in [0.717, 1.165) is 30.0 Å². The Morgan fingerprint density at radius 2 is 2.19 bits per heavy atom. The lowest BCUT2D eigenvalue weighted by atomic mass is 10.1. The predicted molar refractivity (Wildman–Crippen MR) is 65.3 cm³/mol. The van der Waals surface area contributed by atoms with Crippen molar-refractivity contribution >= 4 is 11.1 Å². The minimum atomic E-state index is 0.574. The smallest absolute Gasteiger partial charge is 0.195 e. The zero-order chi connectivity index (χ0) is 11.5. The lowest BCUT2D eigenvalue weighted by molar-refractivity contribution is 0.482. The summed E-state index contributed by atoms with van der Waals surface area (Å²) in [6.07, 6.45) is 0.899. The van der Waals surface area contributed by atoms with Crippen molar-refractivity contribution in [1.82, 2.24) is 10.3 Å². The minimum Gasteiger partial charge on any atom is -0.441 e. The van der Waals surface area contributed by atoms with Gasteiger partial charge in [-0.1, -0.05) is 19.9 Å². The van der Waals surface area contributed by atoms with Gasteiger partial charge in [0.2, 0.25) is 0 Å². The maximum Gasteiger partial charge on any atom is 0.195 e. The summed E-state index contributed by atoms with van der Waals surface area (Å²) >= 11 is 0. The maximum absolute atomic E-state index is 5.73. The van der Waals surface area contributed by atoms with E-state index in [0.29, 0.717) is 5.92 Å². The van der Waals surface area contributed by atoms with Crippen LogP contribution in [-0.4, -0.2) is 12.0 Å². The number of nitrogens with one attached hydrogen (secondary N) is 1. The number of hydrogen-bond acceptors (Lipinski definition) is 3. The number of benzene rings is 1. The van der Waals surface area contributed by atoms with Crippen LogP contribution in [0.5, 0.6) is 0 Å². The zero-order valence-electron chi connectivity index (χ0n) is 10.1. The Bertz CT molecular complexity index is 474. The van der Waals surface area contributed by atoms with E-state index < -0.39 is 0 Å². The van der Waals surface area contributed by atoms with Crippen molar-refractivity contribution in [2.75, 3.05) is 7.05 Å². The molecule has 1 N–H and O–H groups in total.